The zero-order chi connectivity index (χ0) is 15.4. The van der Waals surface area contributed by atoms with Gasteiger partial charge in [-0.15, -0.1) is 0 Å². The molecule has 2 rings (SSSR count). The highest BCUT2D eigenvalue weighted by atomic mass is 35.5. The van der Waals surface area contributed by atoms with Crippen molar-refractivity contribution >= 4 is 29.2 Å². The summed E-state index contributed by atoms with van der Waals surface area (Å²) in [6.07, 6.45) is 2.99. The molecule has 0 heterocycles. The molecule has 4 nitrogen and oxygen atoms in total. The van der Waals surface area contributed by atoms with E-state index in [1.54, 1.807) is 18.2 Å². The van der Waals surface area contributed by atoms with Crippen molar-refractivity contribution in [2.24, 2.45) is 0 Å². The first kappa shape index (κ1) is 15.7. The number of hydrogen-bond donors (Lipinski definition) is 1. The van der Waals surface area contributed by atoms with Gasteiger partial charge in [0, 0.05) is 11.5 Å². The van der Waals surface area contributed by atoms with Crippen molar-refractivity contribution in [1.29, 1.82) is 0 Å². The highest BCUT2D eigenvalue weighted by Crippen LogP contribution is 2.30. The Hall–Kier alpha value is -1.65. The number of hydrogen-bond acceptors (Lipinski definition) is 3. The van der Waals surface area contributed by atoms with Crippen molar-refractivity contribution in [3.05, 3.63) is 51.2 Å². The van der Waals surface area contributed by atoms with E-state index in [0.29, 0.717) is 34.4 Å². The Morgan fingerprint density at radius 2 is 2.10 bits per heavy atom. The molecule has 0 bridgehead atoms. The molecular formula is C15H14Cl2O4. The molecule has 1 aliphatic rings. The summed E-state index contributed by atoms with van der Waals surface area (Å²) in [5.41, 5.74) is 0.830. The van der Waals surface area contributed by atoms with E-state index in [1.807, 2.05) is 0 Å². The molecule has 1 aliphatic carbocycles. The Labute approximate surface area is 132 Å². The number of methoxy groups -OCH3 is 1. The number of allylic oxidation sites excluding steroid dienone is 4. The van der Waals surface area contributed by atoms with Crippen LogP contribution in [0.5, 0.6) is 5.75 Å². The summed E-state index contributed by atoms with van der Waals surface area (Å²) in [6.45, 7) is 0.237. The zero-order valence-corrected chi connectivity index (χ0v) is 12.9. The molecule has 0 amide bonds. The molecule has 0 atom stereocenters. The number of aromatic carboxylic acids is 1. The van der Waals surface area contributed by atoms with Gasteiger partial charge in [0.2, 0.25) is 0 Å². The number of carbonyl (C=O) groups is 1. The number of carboxylic acids is 1. The standard InChI is InChI=1S/C15H14Cl2O4/c1-20-13-4-2-9(6-11(13)15(18)19)8-21-14-5-3-10(16)7-12(14)17/h2,4,6-7H,3,5,8H2,1H3,(H,18,19). The fraction of sp³-hybridized carbons (Fsp3) is 0.267. The molecule has 21 heavy (non-hydrogen) atoms. The summed E-state index contributed by atoms with van der Waals surface area (Å²) in [4.78, 5) is 11.2. The molecule has 0 aromatic heterocycles. The van der Waals surface area contributed by atoms with Crippen LogP contribution in [0, 0.1) is 0 Å². The molecule has 6 heteroatoms. The molecule has 0 saturated heterocycles. The highest BCUT2D eigenvalue weighted by molar-refractivity contribution is 6.35. The fourth-order valence-electron chi connectivity index (χ4n) is 1.97. The third-order valence-corrected chi connectivity index (χ3v) is 3.67. The second-order valence-electron chi connectivity index (χ2n) is 4.49. The van der Waals surface area contributed by atoms with E-state index in [1.165, 1.54) is 13.2 Å². The van der Waals surface area contributed by atoms with Gasteiger partial charge in [0.1, 0.15) is 23.7 Å². The van der Waals surface area contributed by atoms with Gasteiger partial charge in [-0.3, -0.25) is 0 Å². The van der Waals surface area contributed by atoms with Gasteiger partial charge in [-0.1, -0.05) is 29.3 Å². The summed E-state index contributed by atoms with van der Waals surface area (Å²) < 4.78 is 10.7. The Kier molecular flexibility index (Phi) is 5.15. The highest BCUT2D eigenvalue weighted by Gasteiger charge is 2.14. The van der Waals surface area contributed by atoms with E-state index in [2.05, 4.69) is 0 Å². The predicted molar refractivity (Wildman–Crippen MR) is 80.8 cm³/mol. The number of halogens is 2. The van der Waals surface area contributed by atoms with Gasteiger partial charge in [-0.25, -0.2) is 4.79 Å². The van der Waals surface area contributed by atoms with Crippen molar-refractivity contribution in [3.8, 4) is 5.75 Å². The van der Waals surface area contributed by atoms with Gasteiger partial charge in [0.05, 0.1) is 12.1 Å². The van der Waals surface area contributed by atoms with E-state index in [-0.39, 0.29) is 12.2 Å². The van der Waals surface area contributed by atoms with Gasteiger partial charge in [0.25, 0.3) is 0 Å². The minimum atomic E-state index is -1.04. The van der Waals surface area contributed by atoms with E-state index in [4.69, 9.17) is 37.8 Å². The van der Waals surface area contributed by atoms with Crippen LogP contribution in [-0.4, -0.2) is 18.2 Å². The topological polar surface area (TPSA) is 55.8 Å². The van der Waals surface area contributed by atoms with Crippen molar-refractivity contribution in [2.75, 3.05) is 7.11 Å². The van der Waals surface area contributed by atoms with Crippen molar-refractivity contribution in [2.45, 2.75) is 19.4 Å². The first-order valence-corrected chi connectivity index (χ1v) is 7.04. The van der Waals surface area contributed by atoms with Gasteiger partial charge in [-0.2, -0.15) is 0 Å². The largest absolute Gasteiger partial charge is 0.496 e. The maximum atomic E-state index is 11.2. The fourth-order valence-corrected chi connectivity index (χ4v) is 2.51. The molecule has 0 aliphatic heterocycles. The summed E-state index contributed by atoms with van der Waals surface area (Å²) in [7, 11) is 1.43. The van der Waals surface area contributed by atoms with Crippen LogP contribution in [0.25, 0.3) is 0 Å². The predicted octanol–water partition coefficient (Wildman–Crippen LogP) is 4.28. The van der Waals surface area contributed by atoms with E-state index >= 15 is 0 Å². The van der Waals surface area contributed by atoms with Gasteiger partial charge in [-0.05, 0) is 30.2 Å². The van der Waals surface area contributed by atoms with Crippen molar-refractivity contribution < 1.29 is 19.4 Å². The van der Waals surface area contributed by atoms with Crippen LogP contribution >= 0.6 is 23.2 Å². The van der Waals surface area contributed by atoms with E-state index < -0.39 is 5.97 Å². The lowest BCUT2D eigenvalue weighted by Gasteiger charge is -2.16. The first-order chi connectivity index (χ1) is 10.0. The number of ether oxygens (including phenoxy) is 2. The molecule has 1 aromatic carbocycles. The van der Waals surface area contributed by atoms with Crippen LogP contribution in [-0.2, 0) is 11.3 Å². The molecule has 1 aromatic rings. The molecule has 112 valence electrons. The van der Waals surface area contributed by atoms with Gasteiger partial charge >= 0.3 is 5.97 Å². The Morgan fingerprint density at radius 1 is 1.33 bits per heavy atom. The van der Waals surface area contributed by atoms with E-state index in [0.717, 1.165) is 5.56 Å². The smallest absolute Gasteiger partial charge is 0.339 e. The second-order valence-corrected chi connectivity index (χ2v) is 5.38. The normalized spacial score (nSPS) is 14.7. The van der Waals surface area contributed by atoms with Crippen LogP contribution in [0.3, 0.4) is 0 Å². The third-order valence-electron chi connectivity index (χ3n) is 3.05. The Bertz CT molecular complexity index is 620. The molecule has 0 radical (unpaired) electrons. The molecular weight excluding hydrogens is 315 g/mol. The Morgan fingerprint density at radius 3 is 2.71 bits per heavy atom. The van der Waals surface area contributed by atoms with Crippen LogP contribution in [0.2, 0.25) is 0 Å². The summed E-state index contributed by atoms with van der Waals surface area (Å²) in [6, 6.07) is 4.89. The zero-order valence-electron chi connectivity index (χ0n) is 11.4. The van der Waals surface area contributed by atoms with Crippen LogP contribution in [0.4, 0.5) is 0 Å². The molecule has 0 spiro atoms. The quantitative estimate of drug-likeness (QED) is 0.876. The minimum absolute atomic E-state index is 0.102. The van der Waals surface area contributed by atoms with Crippen LogP contribution in [0.1, 0.15) is 28.8 Å². The van der Waals surface area contributed by atoms with Crippen molar-refractivity contribution in [3.63, 3.8) is 0 Å². The van der Waals surface area contributed by atoms with Gasteiger partial charge < -0.3 is 14.6 Å². The first-order valence-electron chi connectivity index (χ1n) is 6.29. The number of carboxylic acid groups (broad SMARTS) is 1. The maximum Gasteiger partial charge on any atom is 0.339 e. The lowest BCUT2D eigenvalue weighted by molar-refractivity contribution is 0.0693. The monoisotopic (exact) mass is 328 g/mol. The van der Waals surface area contributed by atoms with Crippen molar-refractivity contribution in [1.82, 2.24) is 0 Å². The number of benzene rings is 1. The molecule has 0 unspecified atom stereocenters. The summed E-state index contributed by atoms with van der Waals surface area (Å²) >= 11 is 11.9. The molecule has 1 N–H and O–H groups in total. The van der Waals surface area contributed by atoms with E-state index in [9.17, 15) is 4.79 Å². The maximum absolute atomic E-state index is 11.2. The molecule has 0 fully saturated rings. The minimum Gasteiger partial charge on any atom is -0.496 e. The average Bonchev–Trinajstić information content (AvgIpc) is 2.46. The second kappa shape index (κ2) is 6.87. The van der Waals surface area contributed by atoms with Gasteiger partial charge in [0.15, 0.2) is 0 Å². The Balaban J connectivity index is 2.12. The third kappa shape index (κ3) is 3.93. The lowest BCUT2D eigenvalue weighted by Crippen LogP contribution is -2.03. The number of rotatable bonds is 5. The van der Waals surface area contributed by atoms with Crippen LogP contribution in [0.15, 0.2) is 40.1 Å². The summed E-state index contributed by atoms with van der Waals surface area (Å²) in [5.74, 6) is -0.0667. The average molecular weight is 329 g/mol. The SMILES string of the molecule is COc1ccc(COC2=C(Cl)C=C(Cl)CC2)cc1C(=O)O. The summed E-state index contributed by atoms with van der Waals surface area (Å²) in [5, 5.41) is 10.3. The lowest BCUT2D eigenvalue weighted by atomic mass is 10.1. The van der Waals surface area contributed by atoms with Crippen LogP contribution < -0.4 is 4.74 Å². The molecule has 0 saturated carbocycles.